The van der Waals surface area contributed by atoms with Crippen molar-refractivity contribution in [1.29, 1.82) is 0 Å². The molecule has 0 aromatic rings. The number of carbonyl (C=O) groups excluding carboxylic acids is 2. The fourth-order valence-electron chi connectivity index (χ4n) is 4.62. The second kappa shape index (κ2) is 24.4. The third kappa shape index (κ3) is 22.6. The van der Waals surface area contributed by atoms with Crippen LogP contribution in [0.25, 0.3) is 0 Å². The van der Waals surface area contributed by atoms with Gasteiger partial charge in [-0.1, -0.05) is 11.6 Å². The van der Waals surface area contributed by atoms with Gasteiger partial charge in [0.25, 0.3) is 0 Å². The topological polar surface area (TPSA) is 311 Å². The molecule has 0 radical (unpaired) electrons. The van der Waals surface area contributed by atoms with Gasteiger partial charge in [0.15, 0.2) is 0 Å². The molecule has 4 saturated carbocycles. The maximum Gasteiger partial charge on any atom is 0.421 e. The summed E-state index contributed by atoms with van der Waals surface area (Å²) in [6.45, 7) is 12.6. The second-order valence-corrected chi connectivity index (χ2v) is 24.8. The molecule has 2 amide bonds. The van der Waals surface area contributed by atoms with Crippen LogP contribution in [0.5, 0.6) is 0 Å². The lowest BCUT2D eigenvalue weighted by Gasteiger charge is -2.21. The van der Waals surface area contributed by atoms with Crippen LogP contribution in [0.15, 0.2) is 0 Å². The Hall–Kier alpha value is -1.65. The van der Waals surface area contributed by atoms with Crippen LogP contribution >= 0.6 is 11.6 Å². The Morgan fingerprint density at radius 1 is 0.617 bits per heavy atom. The molecular formula is C34H69ClN4O17S4. The van der Waals surface area contributed by atoms with Gasteiger partial charge in [0, 0.05) is 41.7 Å². The number of methoxy groups -OCH3 is 4. The summed E-state index contributed by atoms with van der Waals surface area (Å²) < 4.78 is 124. The molecule has 1 saturated heterocycles. The summed E-state index contributed by atoms with van der Waals surface area (Å²) in [5, 5.41) is 9.50. The van der Waals surface area contributed by atoms with Crippen LogP contribution in [0.2, 0.25) is 0 Å². The maximum atomic E-state index is 11.9. The molecule has 5 fully saturated rings. The van der Waals surface area contributed by atoms with Crippen molar-refractivity contribution in [3.05, 3.63) is 0 Å². The minimum absolute atomic E-state index is 0.0884. The van der Waals surface area contributed by atoms with Gasteiger partial charge in [0.2, 0.25) is 40.1 Å². The number of nitrogens with two attached hydrogens (primary N) is 2. The van der Waals surface area contributed by atoms with E-state index in [9.17, 15) is 43.3 Å². The molecule has 0 bridgehead atoms. The van der Waals surface area contributed by atoms with Gasteiger partial charge in [-0.15, -0.1) is 0 Å². The zero-order valence-corrected chi connectivity index (χ0v) is 40.5. The molecule has 6 N–H and O–H groups in total. The third-order valence-corrected chi connectivity index (χ3v) is 16.1. The van der Waals surface area contributed by atoms with E-state index in [1.807, 2.05) is 9.44 Å². The van der Waals surface area contributed by atoms with Crippen LogP contribution in [0.4, 0.5) is 9.59 Å². The highest BCUT2D eigenvalue weighted by Crippen LogP contribution is 2.44. The number of halogens is 1. The van der Waals surface area contributed by atoms with E-state index in [1.165, 1.54) is 34.2 Å². The van der Waals surface area contributed by atoms with E-state index in [1.54, 1.807) is 48.7 Å². The molecule has 1 heterocycles. The van der Waals surface area contributed by atoms with Crippen LogP contribution in [0, 0.1) is 0 Å². The van der Waals surface area contributed by atoms with E-state index < -0.39 is 83.0 Å². The van der Waals surface area contributed by atoms with Crippen LogP contribution in [-0.4, -0.2) is 144 Å². The number of rotatable bonds is 13. The lowest BCUT2D eigenvalue weighted by atomic mass is 10.2. The summed E-state index contributed by atoms with van der Waals surface area (Å²) in [6.07, 6.45) is 5.51. The molecule has 1 aliphatic heterocycles. The van der Waals surface area contributed by atoms with Gasteiger partial charge in [-0.2, -0.15) is 0 Å². The minimum Gasteiger partial charge on any atom is -0.443 e. The maximum absolute atomic E-state index is 11.9. The van der Waals surface area contributed by atoms with E-state index in [2.05, 4.69) is 4.74 Å². The number of sulfonamides is 4. The van der Waals surface area contributed by atoms with E-state index in [-0.39, 0.29) is 19.8 Å². The number of hydrogen-bond acceptors (Lipinski definition) is 17. The van der Waals surface area contributed by atoms with Gasteiger partial charge in [0.1, 0.15) is 31.5 Å². The van der Waals surface area contributed by atoms with Crippen molar-refractivity contribution in [2.24, 2.45) is 10.3 Å². The Kier molecular flexibility index (Phi) is 23.8. The molecule has 21 nitrogen and oxygen atoms in total. The lowest BCUT2D eigenvalue weighted by Crippen LogP contribution is -2.44. The first-order chi connectivity index (χ1) is 27.3. The van der Waals surface area contributed by atoms with E-state index in [0.29, 0.717) is 57.4 Å². The first-order valence-corrected chi connectivity index (χ1v) is 25.6. The first kappa shape index (κ1) is 58.4. The number of ether oxygens (including phenoxy) is 7. The molecule has 358 valence electrons. The third-order valence-electron chi connectivity index (χ3n) is 8.56. The van der Waals surface area contributed by atoms with Crippen molar-refractivity contribution < 1.29 is 76.4 Å². The van der Waals surface area contributed by atoms with Crippen molar-refractivity contribution in [1.82, 2.24) is 9.44 Å². The summed E-state index contributed by atoms with van der Waals surface area (Å²) in [4.78, 5) is 22.5. The van der Waals surface area contributed by atoms with E-state index in [0.717, 1.165) is 13.2 Å². The van der Waals surface area contributed by atoms with Gasteiger partial charge in [-0.05, 0) is 106 Å². The second-order valence-electron chi connectivity index (χ2n) is 16.6. The summed E-state index contributed by atoms with van der Waals surface area (Å²) in [7, 11) is -8.03. The van der Waals surface area contributed by atoms with Crippen LogP contribution in [-0.2, 0) is 73.3 Å². The smallest absolute Gasteiger partial charge is 0.421 e. The summed E-state index contributed by atoms with van der Waals surface area (Å²) in [5.41, 5.74) is -1.40. The normalized spacial score (nSPS) is 19.4. The zero-order chi connectivity index (χ0) is 46.9. The molecule has 4 aliphatic carbocycles. The highest BCUT2D eigenvalue weighted by Gasteiger charge is 2.56. The number of alkyl halides is 1. The predicted molar refractivity (Wildman–Crippen MR) is 225 cm³/mol. The Balaban J connectivity index is 0.000000734. The van der Waals surface area contributed by atoms with E-state index in [4.69, 9.17) is 50.3 Å². The zero-order valence-electron chi connectivity index (χ0n) is 36.5. The standard InChI is InChI=1S/C10H19NO5S.C8H15NO4S.2C5H11NO3S.C4H8O.C2H5ClO/c1-9(2,3)16-8(12)11-17(13,14)10(5-6-10)7-15-4;1-8(2,3)13-7(10)9-14(11,12)6-4-5-6;2*1-9-4-5(2-3-5)10(6,7)8;1-2-4-5-3-1;1-4-2-3/h5-7H2,1-4H3,(H,11,12);6H,4-5H2,1-3H3,(H,9,10);2*2-4H2,1H3,(H2,6,7,8);1-4H2;2H2,1H3. The van der Waals surface area contributed by atoms with Crippen molar-refractivity contribution in [2.75, 3.05) is 67.5 Å². The van der Waals surface area contributed by atoms with Crippen LogP contribution in [0.1, 0.15) is 106 Å². The Morgan fingerprint density at radius 3 is 1.13 bits per heavy atom. The first-order valence-electron chi connectivity index (χ1n) is 18.9. The van der Waals surface area contributed by atoms with Crippen molar-refractivity contribution >= 4 is 63.9 Å². The molecule has 26 heteroatoms. The number of hydrogen-bond donors (Lipinski definition) is 4. The molecular weight excluding hydrogens is 900 g/mol. The molecule has 0 unspecified atom stereocenters. The fourth-order valence-corrected chi connectivity index (χ4v) is 9.12. The van der Waals surface area contributed by atoms with E-state index >= 15 is 0 Å². The summed E-state index contributed by atoms with van der Waals surface area (Å²) in [6, 6.07) is 0.292. The van der Waals surface area contributed by atoms with Crippen LogP contribution in [0.3, 0.4) is 0 Å². The molecule has 0 aromatic carbocycles. The van der Waals surface area contributed by atoms with Crippen molar-refractivity contribution in [3.8, 4) is 0 Å². The van der Waals surface area contributed by atoms with Gasteiger partial charge in [-0.3, -0.25) is 0 Å². The largest absolute Gasteiger partial charge is 0.443 e. The summed E-state index contributed by atoms with van der Waals surface area (Å²) in [5.74, 6) is 0. The van der Waals surface area contributed by atoms with Gasteiger partial charge >= 0.3 is 12.2 Å². The van der Waals surface area contributed by atoms with Gasteiger partial charge in [0.05, 0.1) is 25.1 Å². The fraction of sp³-hybridized carbons (Fsp3) is 0.941. The molecule has 5 aliphatic rings. The quantitative estimate of drug-likeness (QED) is 0.193. The van der Waals surface area contributed by atoms with Gasteiger partial charge in [-0.25, -0.2) is 63.0 Å². The molecule has 60 heavy (non-hydrogen) atoms. The average Bonchev–Trinajstić information content (AvgIpc) is 3.87. The minimum atomic E-state index is -3.73. The Morgan fingerprint density at radius 2 is 0.933 bits per heavy atom. The van der Waals surface area contributed by atoms with Crippen molar-refractivity contribution in [3.63, 3.8) is 0 Å². The highest BCUT2D eigenvalue weighted by molar-refractivity contribution is 7.92. The van der Waals surface area contributed by atoms with Crippen LogP contribution < -0.4 is 19.7 Å². The number of amides is 2. The number of carbonyl (C=O) groups is 2. The Bertz CT molecular complexity index is 1710. The monoisotopic (exact) mass is 968 g/mol. The Labute approximate surface area is 362 Å². The SMILES string of the molecule is C1CCOC1.CC(C)(C)OC(=O)NS(=O)(=O)C1CC1.COCC1(S(=O)(=O)NC(=O)OC(C)(C)C)CC1.COCC1(S(N)(=O)=O)CC1.COCC1(S(N)(=O)=O)CC1.COCCl. The van der Waals surface area contributed by atoms with Crippen molar-refractivity contribution in [2.45, 2.75) is 136 Å². The molecule has 0 atom stereocenters. The molecule has 0 aromatic heterocycles. The average molecular weight is 970 g/mol. The highest BCUT2D eigenvalue weighted by atomic mass is 35.5. The number of nitrogens with one attached hydrogen (secondary N) is 2. The van der Waals surface area contributed by atoms with Gasteiger partial charge < -0.3 is 33.2 Å². The number of primary sulfonamides is 2. The lowest BCUT2D eigenvalue weighted by molar-refractivity contribution is 0.0556. The molecule has 0 spiro atoms. The summed E-state index contributed by atoms with van der Waals surface area (Å²) >= 11 is 4.96. The molecule has 5 rings (SSSR count). The predicted octanol–water partition coefficient (Wildman–Crippen LogP) is 2.56.